The van der Waals surface area contributed by atoms with Crippen LogP contribution in [-0.4, -0.2) is 48.6 Å². The molecule has 0 bridgehead atoms. The Bertz CT molecular complexity index is 896. The van der Waals surface area contributed by atoms with Gasteiger partial charge in [0.1, 0.15) is 12.4 Å². The van der Waals surface area contributed by atoms with Crippen molar-refractivity contribution < 1.29 is 18.7 Å². The number of hydrogen-bond donors (Lipinski definition) is 1. The first-order valence-corrected chi connectivity index (χ1v) is 10.0. The van der Waals surface area contributed by atoms with Crippen LogP contribution in [0.25, 0.3) is 11.1 Å². The van der Waals surface area contributed by atoms with Crippen molar-refractivity contribution in [1.29, 1.82) is 0 Å². The molecule has 0 aromatic heterocycles. The van der Waals surface area contributed by atoms with Crippen LogP contribution in [0.5, 0.6) is 0 Å². The Balaban J connectivity index is 1.42. The molecule has 1 atom stereocenters. The Kier molecular flexibility index (Phi) is 5.37. The van der Waals surface area contributed by atoms with Crippen LogP contribution in [0, 0.1) is 5.82 Å². The van der Waals surface area contributed by atoms with E-state index in [0.717, 1.165) is 5.56 Å². The lowest BCUT2D eigenvalue weighted by Crippen LogP contribution is -2.58. The molecule has 2 saturated heterocycles. The minimum absolute atomic E-state index is 0.00782. The first kappa shape index (κ1) is 19.6. The molecular formula is C23H25FN2O3. The molecule has 2 aromatic carbocycles. The number of nitrogens with zero attached hydrogens (tertiary/aromatic N) is 1. The molecule has 0 saturated carbocycles. The van der Waals surface area contributed by atoms with Gasteiger partial charge < -0.3 is 15.0 Å². The molecule has 2 aromatic rings. The Hall–Kier alpha value is -2.73. The minimum atomic E-state index is -0.421. The Morgan fingerprint density at radius 2 is 1.90 bits per heavy atom. The lowest BCUT2D eigenvalue weighted by molar-refractivity contribution is -0.155. The van der Waals surface area contributed by atoms with Gasteiger partial charge in [-0.05, 0) is 37.0 Å². The van der Waals surface area contributed by atoms with Crippen molar-refractivity contribution in [3.8, 4) is 11.1 Å². The SMILES string of the molecule is CC(C(=O)N1CCC2(CC1)CNC(=O)CO2)c1ccc(-c2ccccc2)c(F)c1. The van der Waals surface area contributed by atoms with Gasteiger partial charge in [-0.25, -0.2) is 4.39 Å². The van der Waals surface area contributed by atoms with Crippen molar-refractivity contribution in [2.45, 2.75) is 31.3 Å². The number of hydrogen-bond acceptors (Lipinski definition) is 3. The topological polar surface area (TPSA) is 58.6 Å². The Morgan fingerprint density at radius 1 is 1.17 bits per heavy atom. The van der Waals surface area contributed by atoms with Gasteiger partial charge in [0.2, 0.25) is 11.8 Å². The van der Waals surface area contributed by atoms with E-state index in [2.05, 4.69) is 5.32 Å². The summed E-state index contributed by atoms with van der Waals surface area (Å²) in [5.74, 6) is -0.845. The number of ether oxygens (including phenoxy) is 1. The smallest absolute Gasteiger partial charge is 0.246 e. The molecule has 2 heterocycles. The molecule has 29 heavy (non-hydrogen) atoms. The molecule has 2 amide bonds. The van der Waals surface area contributed by atoms with Gasteiger partial charge in [-0.15, -0.1) is 0 Å². The van der Waals surface area contributed by atoms with Gasteiger partial charge in [-0.3, -0.25) is 9.59 Å². The highest BCUT2D eigenvalue weighted by Gasteiger charge is 2.40. The van der Waals surface area contributed by atoms with Crippen LogP contribution in [0.1, 0.15) is 31.2 Å². The van der Waals surface area contributed by atoms with Crippen molar-refractivity contribution >= 4 is 11.8 Å². The summed E-state index contributed by atoms with van der Waals surface area (Å²) in [6, 6.07) is 14.4. The van der Waals surface area contributed by atoms with E-state index in [-0.39, 0.29) is 29.8 Å². The van der Waals surface area contributed by atoms with Crippen molar-refractivity contribution in [2.75, 3.05) is 26.2 Å². The number of likely N-dealkylation sites (tertiary alicyclic amines) is 1. The molecule has 1 spiro atoms. The number of rotatable bonds is 3. The van der Waals surface area contributed by atoms with E-state index >= 15 is 0 Å². The fraction of sp³-hybridized carbons (Fsp3) is 0.391. The second-order valence-electron chi connectivity index (χ2n) is 7.90. The van der Waals surface area contributed by atoms with Gasteiger partial charge in [0.15, 0.2) is 0 Å². The second-order valence-corrected chi connectivity index (χ2v) is 7.90. The lowest BCUT2D eigenvalue weighted by Gasteiger charge is -2.44. The first-order chi connectivity index (χ1) is 14.0. The maximum atomic E-state index is 14.7. The van der Waals surface area contributed by atoms with Crippen molar-refractivity contribution in [1.82, 2.24) is 10.2 Å². The maximum Gasteiger partial charge on any atom is 0.246 e. The summed E-state index contributed by atoms with van der Waals surface area (Å²) in [6.07, 6.45) is 1.38. The van der Waals surface area contributed by atoms with Crippen molar-refractivity contribution in [3.63, 3.8) is 0 Å². The van der Waals surface area contributed by atoms with Gasteiger partial charge in [0.05, 0.1) is 11.5 Å². The summed E-state index contributed by atoms with van der Waals surface area (Å²) >= 11 is 0. The van der Waals surface area contributed by atoms with Gasteiger partial charge in [0, 0.05) is 25.2 Å². The number of benzene rings is 2. The van der Waals surface area contributed by atoms with E-state index in [9.17, 15) is 14.0 Å². The molecule has 2 aliphatic heterocycles. The predicted octanol–water partition coefficient (Wildman–Crippen LogP) is 3.10. The zero-order valence-corrected chi connectivity index (χ0v) is 16.5. The van der Waals surface area contributed by atoms with Crippen LogP contribution in [-0.2, 0) is 14.3 Å². The van der Waals surface area contributed by atoms with E-state index in [1.54, 1.807) is 6.07 Å². The number of nitrogens with one attached hydrogen (secondary N) is 1. The van der Waals surface area contributed by atoms with E-state index in [1.165, 1.54) is 6.07 Å². The van der Waals surface area contributed by atoms with Crippen LogP contribution in [0.15, 0.2) is 48.5 Å². The summed E-state index contributed by atoms with van der Waals surface area (Å²) in [5.41, 5.74) is 1.66. The Labute approximate surface area is 169 Å². The molecule has 0 aliphatic carbocycles. The highest BCUT2D eigenvalue weighted by atomic mass is 19.1. The summed E-state index contributed by atoms with van der Waals surface area (Å²) in [5, 5.41) is 2.85. The average Bonchev–Trinajstić information content (AvgIpc) is 2.76. The summed E-state index contributed by atoms with van der Waals surface area (Å²) in [7, 11) is 0. The van der Waals surface area contributed by atoms with Crippen LogP contribution in [0.2, 0.25) is 0 Å². The van der Waals surface area contributed by atoms with Gasteiger partial charge in [-0.2, -0.15) is 0 Å². The second kappa shape index (κ2) is 7.95. The van der Waals surface area contributed by atoms with Crippen LogP contribution in [0.4, 0.5) is 4.39 Å². The quantitative estimate of drug-likeness (QED) is 0.867. The normalized spacial score (nSPS) is 19.7. The molecule has 152 valence electrons. The standard InChI is InChI=1S/C23H25FN2O3/c1-16(18-7-8-19(20(24)13-18)17-5-3-2-4-6-17)22(28)26-11-9-23(10-12-26)15-25-21(27)14-29-23/h2-8,13,16H,9-12,14-15H2,1H3,(H,25,27). The Morgan fingerprint density at radius 3 is 2.52 bits per heavy atom. The molecule has 6 heteroatoms. The van der Waals surface area contributed by atoms with Crippen LogP contribution in [0.3, 0.4) is 0 Å². The number of amides is 2. The zero-order chi connectivity index (χ0) is 20.4. The minimum Gasteiger partial charge on any atom is -0.363 e. The maximum absolute atomic E-state index is 14.7. The first-order valence-electron chi connectivity index (χ1n) is 10.0. The third kappa shape index (κ3) is 4.03. The molecule has 2 aliphatic rings. The molecule has 2 fully saturated rings. The van der Waals surface area contributed by atoms with E-state index in [1.807, 2.05) is 48.2 Å². The zero-order valence-electron chi connectivity index (χ0n) is 16.5. The third-order valence-electron chi connectivity index (χ3n) is 6.05. The van der Waals surface area contributed by atoms with Gasteiger partial charge >= 0.3 is 0 Å². The average molecular weight is 396 g/mol. The van der Waals surface area contributed by atoms with E-state index in [4.69, 9.17) is 4.74 Å². The third-order valence-corrected chi connectivity index (χ3v) is 6.05. The highest BCUT2D eigenvalue weighted by Crippen LogP contribution is 2.31. The van der Waals surface area contributed by atoms with Gasteiger partial charge in [0.25, 0.3) is 0 Å². The number of carbonyl (C=O) groups excluding carboxylic acids is 2. The highest BCUT2D eigenvalue weighted by molar-refractivity contribution is 5.84. The lowest BCUT2D eigenvalue weighted by atomic mass is 9.88. The fourth-order valence-corrected chi connectivity index (χ4v) is 4.11. The van der Waals surface area contributed by atoms with Crippen molar-refractivity contribution in [3.05, 3.63) is 59.9 Å². The monoisotopic (exact) mass is 396 g/mol. The number of morpholine rings is 1. The van der Waals surface area contributed by atoms with Crippen LogP contribution < -0.4 is 5.32 Å². The molecule has 5 nitrogen and oxygen atoms in total. The largest absolute Gasteiger partial charge is 0.363 e. The number of carbonyl (C=O) groups is 2. The van der Waals surface area contributed by atoms with Crippen LogP contribution >= 0.6 is 0 Å². The fourth-order valence-electron chi connectivity index (χ4n) is 4.11. The molecule has 1 unspecified atom stereocenters. The predicted molar refractivity (Wildman–Crippen MR) is 108 cm³/mol. The molecule has 1 N–H and O–H groups in total. The number of piperidine rings is 1. The summed E-state index contributed by atoms with van der Waals surface area (Å²) < 4.78 is 20.5. The summed E-state index contributed by atoms with van der Waals surface area (Å²) in [4.78, 5) is 26.1. The van der Waals surface area contributed by atoms with Crippen molar-refractivity contribution in [2.24, 2.45) is 0 Å². The molecule has 4 rings (SSSR count). The van der Waals surface area contributed by atoms with Gasteiger partial charge in [-0.1, -0.05) is 42.5 Å². The molecule has 0 radical (unpaired) electrons. The summed E-state index contributed by atoms with van der Waals surface area (Å²) in [6.45, 7) is 3.54. The molecular weight excluding hydrogens is 371 g/mol. The number of halogens is 1. The van der Waals surface area contributed by atoms with E-state index in [0.29, 0.717) is 43.6 Å². The van der Waals surface area contributed by atoms with E-state index < -0.39 is 5.92 Å².